The Hall–Kier alpha value is -2.85. The summed E-state index contributed by atoms with van der Waals surface area (Å²) in [5, 5.41) is 5.95. The summed E-state index contributed by atoms with van der Waals surface area (Å²) in [5.41, 5.74) is 1.95. The van der Waals surface area contributed by atoms with Gasteiger partial charge in [-0.25, -0.2) is 4.79 Å². The molecule has 1 aromatic carbocycles. The molecular weight excluding hydrogens is 510 g/mol. The summed E-state index contributed by atoms with van der Waals surface area (Å²) in [6, 6.07) is 7.47. The van der Waals surface area contributed by atoms with E-state index >= 15 is 0 Å². The molecule has 2 aromatic rings. The minimum absolute atomic E-state index is 0.0199. The average Bonchev–Trinajstić information content (AvgIpc) is 3.23. The lowest BCUT2D eigenvalue weighted by Crippen LogP contribution is -2.34. The Morgan fingerprint density at radius 2 is 1.95 bits per heavy atom. The number of esters is 1. The van der Waals surface area contributed by atoms with Gasteiger partial charge in [0.05, 0.1) is 24.0 Å². The number of rotatable bonds is 11. The second kappa shape index (κ2) is 13.6. The van der Waals surface area contributed by atoms with Crippen LogP contribution in [-0.2, 0) is 32.1 Å². The van der Waals surface area contributed by atoms with Gasteiger partial charge in [-0.15, -0.1) is 23.1 Å². The van der Waals surface area contributed by atoms with E-state index < -0.39 is 11.2 Å². The first-order valence-corrected chi connectivity index (χ1v) is 14.4. The van der Waals surface area contributed by atoms with Crippen LogP contribution in [0, 0.1) is 0 Å². The Bertz CT molecular complexity index is 1150. The van der Waals surface area contributed by atoms with Gasteiger partial charge < -0.3 is 20.3 Å². The fourth-order valence-corrected chi connectivity index (χ4v) is 6.33. The second-order valence-corrected chi connectivity index (χ2v) is 11.2. The van der Waals surface area contributed by atoms with Crippen molar-refractivity contribution in [2.75, 3.05) is 23.8 Å². The summed E-state index contributed by atoms with van der Waals surface area (Å²) < 4.78 is 5.30. The average molecular weight is 546 g/mol. The van der Waals surface area contributed by atoms with Crippen LogP contribution in [0.4, 0.5) is 10.7 Å². The van der Waals surface area contributed by atoms with E-state index in [1.165, 1.54) is 30.0 Å². The van der Waals surface area contributed by atoms with E-state index in [0.717, 1.165) is 28.2 Å². The van der Waals surface area contributed by atoms with E-state index in [4.69, 9.17) is 4.74 Å². The minimum atomic E-state index is -0.459. The Labute approximate surface area is 226 Å². The van der Waals surface area contributed by atoms with Crippen molar-refractivity contribution in [1.29, 1.82) is 0 Å². The molecule has 0 bridgehead atoms. The molecule has 0 saturated heterocycles. The summed E-state index contributed by atoms with van der Waals surface area (Å²) >= 11 is 2.74. The molecule has 1 aliphatic rings. The molecule has 0 saturated carbocycles. The number of thioether (sulfide) groups is 1. The maximum Gasteiger partial charge on any atom is 0.341 e. The third kappa shape index (κ3) is 7.58. The van der Waals surface area contributed by atoms with Gasteiger partial charge in [-0.2, -0.15) is 0 Å². The van der Waals surface area contributed by atoms with Crippen LogP contribution < -0.4 is 10.6 Å². The first-order valence-electron chi connectivity index (χ1n) is 12.7. The highest BCUT2D eigenvalue weighted by molar-refractivity contribution is 8.00. The van der Waals surface area contributed by atoms with Gasteiger partial charge in [0.25, 0.3) is 0 Å². The fourth-order valence-electron chi connectivity index (χ4n) is 4.07. The highest BCUT2D eigenvalue weighted by Gasteiger charge is 2.31. The van der Waals surface area contributed by atoms with E-state index in [1.807, 2.05) is 38.1 Å². The van der Waals surface area contributed by atoms with E-state index in [-0.39, 0.29) is 24.3 Å². The van der Waals surface area contributed by atoms with Crippen molar-refractivity contribution in [1.82, 2.24) is 4.90 Å². The summed E-state index contributed by atoms with van der Waals surface area (Å²) in [6.07, 6.45) is 3.38. The topological polar surface area (TPSA) is 105 Å². The molecule has 3 amide bonds. The zero-order valence-corrected chi connectivity index (χ0v) is 23.5. The van der Waals surface area contributed by atoms with Crippen LogP contribution in [0.5, 0.6) is 0 Å². The first-order chi connectivity index (χ1) is 17.8. The van der Waals surface area contributed by atoms with Crippen LogP contribution >= 0.6 is 23.1 Å². The number of thiophene rings is 1. The van der Waals surface area contributed by atoms with E-state index in [0.29, 0.717) is 48.6 Å². The Kier molecular flexibility index (Phi) is 10.6. The zero-order valence-electron chi connectivity index (χ0n) is 21.8. The molecular formula is C27H35N3O5S2. The number of ether oxygens (including phenoxy) is 1. The maximum atomic E-state index is 13.3. The molecule has 2 N–H and O–H groups in total. The highest BCUT2D eigenvalue weighted by Crippen LogP contribution is 2.38. The van der Waals surface area contributed by atoms with Crippen LogP contribution in [-0.4, -0.2) is 47.0 Å². The molecule has 37 heavy (non-hydrogen) atoms. The standard InChI is InChI=1S/C27H35N3O5S2/c1-5-8-12-23(32)28-18-10-9-11-19(15-18)36-21(6-2)25(33)29-26-24(27(34)35-7-3)20-13-14-30(17(4)31)16-22(20)37-26/h9-11,15,21H,5-8,12-14,16H2,1-4H3,(H,28,32)(H,29,33). The van der Waals surface area contributed by atoms with E-state index in [2.05, 4.69) is 10.6 Å². The number of carbonyl (C=O) groups excluding carboxylic acids is 4. The lowest BCUT2D eigenvalue weighted by molar-refractivity contribution is -0.129. The molecule has 1 unspecified atom stereocenters. The summed E-state index contributed by atoms with van der Waals surface area (Å²) in [7, 11) is 0. The number of anilines is 2. The van der Waals surface area contributed by atoms with Crippen LogP contribution in [0.1, 0.15) is 74.2 Å². The van der Waals surface area contributed by atoms with Gasteiger partial charge in [0.2, 0.25) is 17.7 Å². The number of carbonyl (C=O) groups is 4. The van der Waals surface area contributed by atoms with Gasteiger partial charge in [-0.1, -0.05) is 26.3 Å². The van der Waals surface area contributed by atoms with Gasteiger partial charge in [0, 0.05) is 35.3 Å². The number of benzene rings is 1. The predicted molar refractivity (Wildman–Crippen MR) is 148 cm³/mol. The van der Waals surface area contributed by atoms with E-state index in [9.17, 15) is 19.2 Å². The van der Waals surface area contributed by atoms with Crippen molar-refractivity contribution in [2.24, 2.45) is 0 Å². The molecule has 3 rings (SSSR count). The maximum absolute atomic E-state index is 13.3. The summed E-state index contributed by atoms with van der Waals surface area (Å²) in [5.74, 6) is -0.713. The smallest absolute Gasteiger partial charge is 0.341 e. The van der Waals surface area contributed by atoms with Crippen molar-refractivity contribution in [3.8, 4) is 0 Å². The number of unbranched alkanes of at least 4 members (excludes halogenated alkanes) is 1. The lowest BCUT2D eigenvalue weighted by atomic mass is 10.0. The van der Waals surface area contributed by atoms with Crippen LogP contribution in [0.25, 0.3) is 0 Å². The van der Waals surface area contributed by atoms with Crippen molar-refractivity contribution in [2.45, 2.75) is 76.5 Å². The quantitative estimate of drug-likeness (QED) is 0.287. The molecule has 0 radical (unpaired) electrons. The van der Waals surface area contributed by atoms with E-state index in [1.54, 1.807) is 11.8 Å². The predicted octanol–water partition coefficient (Wildman–Crippen LogP) is 5.47. The summed E-state index contributed by atoms with van der Waals surface area (Å²) in [4.78, 5) is 53.7. The number of nitrogens with one attached hydrogen (secondary N) is 2. The number of hydrogen-bond acceptors (Lipinski definition) is 7. The van der Waals surface area contributed by atoms with Crippen molar-refractivity contribution in [3.63, 3.8) is 0 Å². The van der Waals surface area contributed by atoms with Gasteiger partial charge in [-0.05, 0) is 49.9 Å². The Morgan fingerprint density at radius 3 is 2.62 bits per heavy atom. The largest absolute Gasteiger partial charge is 0.462 e. The van der Waals surface area contributed by atoms with Gasteiger partial charge in [-0.3, -0.25) is 14.4 Å². The SMILES string of the molecule is CCCCC(=O)Nc1cccc(SC(CC)C(=O)Nc2sc3c(c2C(=O)OCC)CCN(C(C)=O)C3)c1. The third-order valence-corrected chi connectivity index (χ3v) is 8.53. The highest BCUT2D eigenvalue weighted by atomic mass is 32.2. The third-order valence-electron chi connectivity index (χ3n) is 6.04. The molecule has 2 heterocycles. The van der Waals surface area contributed by atoms with Gasteiger partial charge in [0.1, 0.15) is 5.00 Å². The monoisotopic (exact) mass is 545 g/mol. The van der Waals surface area contributed by atoms with Gasteiger partial charge >= 0.3 is 5.97 Å². The number of nitrogens with zero attached hydrogens (tertiary/aromatic N) is 1. The molecule has 200 valence electrons. The number of fused-ring (bicyclic) bond motifs is 1. The Morgan fingerprint density at radius 1 is 1.16 bits per heavy atom. The molecule has 0 aliphatic carbocycles. The molecule has 0 spiro atoms. The molecule has 8 nitrogen and oxygen atoms in total. The zero-order chi connectivity index (χ0) is 26.9. The van der Waals surface area contributed by atoms with Crippen LogP contribution in [0.3, 0.4) is 0 Å². The molecule has 0 fully saturated rings. The number of hydrogen-bond donors (Lipinski definition) is 2. The van der Waals surface area contributed by atoms with Crippen LogP contribution in [0.2, 0.25) is 0 Å². The molecule has 1 aromatic heterocycles. The fraction of sp³-hybridized carbons (Fsp3) is 0.481. The molecule has 1 aliphatic heterocycles. The normalized spacial score (nSPS) is 13.5. The van der Waals surface area contributed by atoms with Crippen LogP contribution in [0.15, 0.2) is 29.2 Å². The Balaban J connectivity index is 1.77. The second-order valence-electron chi connectivity index (χ2n) is 8.80. The first kappa shape index (κ1) is 28.7. The summed E-state index contributed by atoms with van der Waals surface area (Å²) in [6.45, 7) is 8.43. The van der Waals surface area contributed by atoms with Crippen molar-refractivity contribution < 1.29 is 23.9 Å². The molecule has 10 heteroatoms. The lowest BCUT2D eigenvalue weighted by Gasteiger charge is -2.25. The van der Waals surface area contributed by atoms with Crippen molar-refractivity contribution >= 4 is 57.5 Å². The van der Waals surface area contributed by atoms with Crippen molar-refractivity contribution in [3.05, 3.63) is 40.3 Å². The van der Waals surface area contributed by atoms with Gasteiger partial charge in [0.15, 0.2) is 0 Å². The minimum Gasteiger partial charge on any atom is -0.462 e. The number of amides is 3. The molecule has 1 atom stereocenters.